The second-order valence-corrected chi connectivity index (χ2v) is 5.44. The summed E-state index contributed by atoms with van der Waals surface area (Å²) in [5, 5.41) is 3.18. The van der Waals surface area contributed by atoms with Crippen LogP contribution in [0.4, 0.5) is 4.39 Å². The lowest BCUT2D eigenvalue weighted by Crippen LogP contribution is -2.37. The van der Waals surface area contributed by atoms with E-state index in [2.05, 4.69) is 5.32 Å². The molecule has 1 N–H and O–H groups in total. The van der Waals surface area contributed by atoms with Crippen LogP contribution >= 0.6 is 0 Å². The summed E-state index contributed by atoms with van der Waals surface area (Å²) in [6, 6.07) is 5.79. The van der Waals surface area contributed by atoms with Crippen molar-refractivity contribution in [1.82, 2.24) is 5.32 Å². The predicted molar refractivity (Wildman–Crippen MR) is 67.5 cm³/mol. The van der Waals surface area contributed by atoms with Gasteiger partial charge >= 0.3 is 0 Å². The van der Waals surface area contributed by atoms with Gasteiger partial charge in [-0.3, -0.25) is 0 Å². The minimum absolute atomic E-state index is 0.0376. The maximum atomic E-state index is 13.9. The number of hydrogen-bond donors (Lipinski definition) is 1. The Labute approximate surface area is 98.1 Å². The topological polar surface area (TPSA) is 12.0 Å². The van der Waals surface area contributed by atoms with E-state index in [4.69, 9.17) is 0 Å². The molecule has 1 atom stereocenters. The van der Waals surface area contributed by atoms with E-state index in [0.29, 0.717) is 6.54 Å². The fourth-order valence-electron chi connectivity index (χ4n) is 1.47. The van der Waals surface area contributed by atoms with Crippen molar-refractivity contribution in [1.29, 1.82) is 0 Å². The van der Waals surface area contributed by atoms with Crippen molar-refractivity contribution in [3.8, 4) is 0 Å². The largest absolute Gasteiger partial charge is 0.309 e. The van der Waals surface area contributed by atoms with Crippen molar-refractivity contribution < 1.29 is 4.39 Å². The molecule has 0 bridgehead atoms. The first-order valence-corrected chi connectivity index (χ1v) is 5.76. The molecule has 0 heterocycles. The molecule has 2 heteroatoms. The molecule has 0 amide bonds. The van der Waals surface area contributed by atoms with E-state index in [1.54, 1.807) is 0 Å². The summed E-state index contributed by atoms with van der Waals surface area (Å²) in [6.45, 7) is 10.6. The van der Waals surface area contributed by atoms with E-state index in [-0.39, 0.29) is 5.54 Å². The number of aryl methyl sites for hydroxylation is 2. The van der Waals surface area contributed by atoms with Crippen molar-refractivity contribution in [3.05, 3.63) is 34.9 Å². The first-order chi connectivity index (χ1) is 7.29. The Morgan fingerprint density at radius 1 is 1.19 bits per heavy atom. The Bertz CT molecular complexity index is 352. The number of halogens is 1. The standard InChI is InChI=1S/C14H22FN/c1-10-6-7-12(8-11(10)2)13(15)9-16-14(3,4)5/h6-8,13,16H,9H2,1-5H3. The number of benzene rings is 1. The van der Waals surface area contributed by atoms with Crippen LogP contribution in [0.1, 0.15) is 43.6 Å². The van der Waals surface area contributed by atoms with E-state index < -0.39 is 6.17 Å². The van der Waals surface area contributed by atoms with Crippen molar-refractivity contribution in [2.75, 3.05) is 6.54 Å². The van der Waals surface area contributed by atoms with Crippen LogP contribution in [0.2, 0.25) is 0 Å². The molecule has 0 aliphatic carbocycles. The zero-order valence-corrected chi connectivity index (χ0v) is 10.9. The molecule has 1 nitrogen and oxygen atoms in total. The molecule has 0 spiro atoms. The van der Waals surface area contributed by atoms with Crippen LogP contribution in [0, 0.1) is 13.8 Å². The van der Waals surface area contributed by atoms with Crippen LogP contribution in [0.25, 0.3) is 0 Å². The molecule has 16 heavy (non-hydrogen) atoms. The average molecular weight is 223 g/mol. The molecule has 1 rings (SSSR count). The van der Waals surface area contributed by atoms with Crippen LogP contribution in [0.15, 0.2) is 18.2 Å². The zero-order chi connectivity index (χ0) is 12.3. The lowest BCUT2D eigenvalue weighted by Gasteiger charge is -2.22. The summed E-state index contributed by atoms with van der Waals surface area (Å²) in [7, 11) is 0. The Morgan fingerprint density at radius 2 is 1.81 bits per heavy atom. The number of alkyl halides is 1. The van der Waals surface area contributed by atoms with Crippen LogP contribution < -0.4 is 5.32 Å². The molecular formula is C14H22FN. The van der Waals surface area contributed by atoms with E-state index in [1.807, 2.05) is 52.8 Å². The number of hydrogen-bond acceptors (Lipinski definition) is 1. The van der Waals surface area contributed by atoms with Gasteiger partial charge in [-0.1, -0.05) is 18.2 Å². The highest BCUT2D eigenvalue weighted by Crippen LogP contribution is 2.20. The molecule has 0 fully saturated rings. The third-order valence-electron chi connectivity index (χ3n) is 2.70. The third kappa shape index (κ3) is 3.93. The van der Waals surface area contributed by atoms with Gasteiger partial charge < -0.3 is 5.32 Å². The third-order valence-corrected chi connectivity index (χ3v) is 2.70. The molecule has 0 aromatic heterocycles. The lowest BCUT2D eigenvalue weighted by atomic mass is 10.0. The van der Waals surface area contributed by atoms with E-state index in [0.717, 1.165) is 11.1 Å². The van der Waals surface area contributed by atoms with Crippen LogP contribution in [0.5, 0.6) is 0 Å². The Kier molecular flexibility index (Phi) is 4.09. The van der Waals surface area contributed by atoms with Crippen molar-refractivity contribution >= 4 is 0 Å². The molecule has 1 aromatic carbocycles. The van der Waals surface area contributed by atoms with Gasteiger partial charge in [0, 0.05) is 12.1 Å². The number of nitrogens with one attached hydrogen (secondary N) is 1. The molecule has 0 radical (unpaired) electrons. The van der Waals surface area contributed by atoms with Gasteiger partial charge in [0.05, 0.1) is 0 Å². The molecule has 1 unspecified atom stereocenters. The smallest absolute Gasteiger partial charge is 0.138 e. The van der Waals surface area contributed by atoms with Gasteiger partial charge in [-0.2, -0.15) is 0 Å². The molecule has 0 aliphatic heterocycles. The minimum Gasteiger partial charge on any atom is -0.309 e. The van der Waals surface area contributed by atoms with E-state index in [1.165, 1.54) is 5.56 Å². The van der Waals surface area contributed by atoms with E-state index >= 15 is 0 Å². The van der Waals surface area contributed by atoms with Crippen LogP contribution in [0.3, 0.4) is 0 Å². The van der Waals surface area contributed by atoms with Gasteiger partial charge in [-0.15, -0.1) is 0 Å². The molecule has 0 saturated heterocycles. The van der Waals surface area contributed by atoms with E-state index in [9.17, 15) is 4.39 Å². The summed E-state index contributed by atoms with van der Waals surface area (Å²) in [5.74, 6) is 0. The lowest BCUT2D eigenvalue weighted by molar-refractivity contribution is 0.291. The molecule has 90 valence electrons. The van der Waals surface area contributed by atoms with Gasteiger partial charge in [0.1, 0.15) is 6.17 Å². The maximum Gasteiger partial charge on any atom is 0.138 e. The maximum absolute atomic E-state index is 13.9. The summed E-state index contributed by atoms with van der Waals surface area (Å²) in [4.78, 5) is 0. The summed E-state index contributed by atoms with van der Waals surface area (Å²) >= 11 is 0. The van der Waals surface area contributed by atoms with Crippen molar-refractivity contribution in [3.63, 3.8) is 0 Å². The highest BCUT2D eigenvalue weighted by atomic mass is 19.1. The average Bonchev–Trinajstić information content (AvgIpc) is 2.17. The molecule has 0 aliphatic rings. The van der Waals surface area contributed by atoms with Crippen molar-refractivity contribution in [2.45, 2.75) is 46.3 Å². The second-order valence-electron chi connectivity index (χ2n) is 5.44. The van der Waals surface area contributed by atoms with Crippen molar-refractivity contribution in [2.24, 2.45) is 0 Å². The van der Waals surface area contributed by atoms with Crippen LogP contribution in [-0.4, -0.2) is 12.1 Å². The Balaban J connectivity index is 2.66. The summed E-state index contributed by atoms with van der Waals surface area (Å²) < 4.78 is 13.9. The summed E-state index contributed by atoms with van der Waals surface area (Å²) in [6.07, 6.45) is -0.932. The minimum atomic E-state index is -0.932. The van der Waals surface area contributed by atoms with Gasteiger partial charge in [0.15, 0.2) is 0 Å². The monoisotopic (exact) mass is 223 g/mol. The van der Waals surface area contributed by atoms with Gasteiger partial charge in [0.2, 0.25) is 0 Å². The second kappa shape index (κ2) is 4.96. The quantitative estimate of drug-likeness (QED) is 0.824. The van der Waals surface area contributed by atoms with Gasteiger partial charge in [0.25, 0.3) is 0 Å². The summed E-state index contributed by atoms with van der Waals surface area (Å²) in [5.41, 5.74) is 3.08. The fourth-order valence-corrected chi connectivity index (χ4v) is 1.47. The number of rotatable bonds is 3. The highest BCUT2D eigenvalue weighted by Gasteiger charge is 2.15. The molecule has 1 aromatic rings. The molecule has 0 saturated carbocycles. The van der Waals surface area contributed by atoms with Gasteiger partial charge in [-0.25, -0.2) is 4.39 Å². The molecular weight excluding hydrogens is 201 g/mol. The normalized spacial score (nSPS) is 13.9. The highest BCUT2D eigenvalue weighted by molar-refractivity contribution is 5.31. The Hall–Kier alpha value is -0.890. The van der Waals surface area contributed by atoms with Crippen LogP contribution in [-0.2, 0) is 0 Å². The first-order valence-electron chi connectivity index (χ1n) is 5.76. The SMILES string of the molecule is Cc1ccc(C(F)CNC(C)(C)C)cc1C. The first kappa shape index (κ1) is 13.2. The predicted octanol–water partition coefficient (Wildman–Crippen LogP) is 3.70. The fraction of sp³-hybridized carbons (Fsp3) is 0.571. The van der Waals surface area contributed by atoms with Gasteiger partial charge in [-0.05, 0) is 51.3 Å². The Morgan fingerprint density at radius 3 is 2.31 bits per heavy atom. The zero-order valence-electron chi connectivity index (χ0n) is 10.9.